The van der Waals surface area contributed by atoms with Crippen molar-refractivity contribution in [1.29, 1.82) is 0 Å². The third-order valence-corrected chi connectivity index (χ3v) is 13.2. The number of benzene rings is 2. The summed E-state index contributed by atoms with van der Waals surface area (Å²) in [6.45, 7) is 2.83. The number of likely N-dealkylation sites (tertiary alicyclic amines) is 1. The molecule has 5 aromatic rings. The van der Waals surface area contributed by atoms with Crippen molar-refractivity contribution in [2.24, 2.45) is 17.8 Å². The summed E-state index contributed by atoms with van der Waals surface area (Å²) < 4.78 is 10.2. The molecule has 2 unspecified atom stereocenters. The Morgan fingerprint density at radius 3 is 2.12 bits per heavy atom. The molecule has 59 heavy (non-hydrogen) atoms. The summed E-state index contributed by atoms with van der Waals surface area (Å²) in [5, 5.41) is 5.93. The van der Waals surface area contributed by atoms with Crippen LogP contribution in [-0.4, -0.2) is 80.6 Å². The number of carbonyl (C=O) groups is 3. The maximum atomic E-state index is 13.8. The van der Waals surface area contributed by atoms with Gasteiger partial charge in [0.1, 0.15) is 17.7 Å². The second-order valence-electron chi connectivity index (χ2n) is 16.7. The fourth-order valence-electron chi connectivity index (χ4n) is 9.87. The quantitative estimate of drug-likeness (QED) is 0.0965. The van der Waals surface area contributed by atoms with Gasteiger partial charge < -0.3 is 35.0 Å². The first-order valence-electron chi connectivity index (χ1n) is 21.0. The van der Waals surface area contributed by atoms with Gasteiger partial charge in [0.15, 0.2) is 0 Å². The van der Waals surface area contributed by atoms with E-state index in [1.165, 1.54) is 27.1 Å². The van der Waals surface area contributed by atoms with Crippen molar-refractivity contribution >= 4 is 17.9 Å². The highest BCUT2D eigenvalue weighted by molar-refractivity contribution is 5.87. The highest BCUT2D eigenvalue weighted by Crippen LogP contribution is 2.56. The van der Waals surface area contributed by atoms with Crippen LogP contribution in [0.4, 0.5) is 4.79 Å². The zero-order valence-electron chi connectivity index (χ0n) is 33.8. The molecule has 0 radical (unpaired) electrons. The molecule has 4 aliphatic rings. The fourth-order valence-corrected chi connectivity index (χ4v) is 9.87. The van der Waals surface area contributed by atoms with E-state index in [4.69, 9.17) is 14.5 Å². The van der Waals surface area contributed by atoms with Crippen LogP contribution in [0.2, 0.25) is 0 Å². The topological polar surface area (TPSA) is 167 Å². The van der Waals surface area contributed by atoms with Crippen molar-refractivity contribution in [2.45, 2.75) is 88.4 Å². The number of nitrogens with zero attached hydrogens (tertiary/aromatic N) is 4. The van der Waals surface area contributed by atoms with E-state index in [2.05, 4.69) is 85.2 Å². The van der Waals surface area contributed by atoms with Crippen LogP contribution < -0.4 is 10.6 Å². The molecule has 13 nitrogen and oxygen atoms in total. The molecule has 7 atom stereocenters. The lowest BCUT2D eigenvalue weighted by Crippen LogP contribution is -2.54. The smallest absolute Gasteiger partial charge is 0.407 e. The summed E-state index contributed by atoms with van der Waals surface area (Å²) >= 11 is 0. The summed E-state index contributed by atoms with van der Waals surface area (Å²) in [6, 6.07) is 19.8. The van der Waals surface area contributed by atoms with Gasteiger partial charge in [-0.2, -0.15) is 0 Å². The van der Waals surface area contributed by atoms with Crippen molar-refractivity contribution < 1.29 is 23.9 Å². The van der Waals surface area contributed by atoms with Crippen molar-refractivity contribution in [3.63, 3.8) is 0 Å². The summed E-state index contributed by atoms with van der Waals surface area (Å²) in [4.78, 5) is 62.5. The van der Waals surface area contributed by atoms with E-state index < -0.39 is 18.2 Å². The molecule has 4 heterocycles. The zero-order valence-corrected chi connectivity index (χ0v) is 33.8. The number of imidazole rings is 2. The maximum absolute atomic E-state index is 13.8. The second-order valence-corrected chi connectivity index (χ2v) is 16.7. The average molecular weight is 797 g/mol. The number of alkyl carbamates (subject to hydrolysis) is 1. The molecule has 3 aromatic heterocycles. The van der Waals surface area contributed by atoms with E-state index in [9.17, 15) is 14.4 Å². The Balaban J connectivity index is 0.845. The summed E-state index contributed by atoms with van der Waals surface area (Å²) in [5.41, 5.74) is 8.30. The number of nitrogens with one attached hydrogen (secondary N) is 4. The van der Waals surface area contributed by atoms with Crippen LogP contribution in [0.3, 0.4) is 0 Å². The van der Waals surface area contributed by atoms with Gasteiger partial charge in [0.2, 0.25) is 11.8 Å². The van der Waals surface area contributed by atoms with E-state index in [1.807, 2.05) is 18.5 Å². The first-order chi connectivity index (χ1) is 28.8. The minimum Gasteiger partial charge on any atom is -0.453 e. The molecule has 3 aliphatic carbocycles. The number of hydrogen-bond acceptors (Lipinski definition) is 8. The number of fused-ring (bicyclic) bond motifs is 2. The van der Waals surface area contributed by atoms with Crippen molar-refractivity contribution in [3.05, 3.63) is 102 Å². The van der Waals surface area contributed by atoms with Crippen LogP contribution >= 0.6 is 0 Å². The summed E-state index contributed by atoms with van der Waals surface area (Å²) in [5.74, 6) is 2.95. The zero-order chi connectivity index (χ0) is 40.6. The molecule has 1 saturated heterocycles. The average Bonchev–Trinajstić information content (AvgIpc) is 3.85. The Hall–Kier alpha value is -5.82. The van der Waals surface area contributed by atoms with Crippen LogP contribution in [0.15, 0.2) is 79.3 Å². The Kier molecular flexibility index (Phi) is 10.8. The third kappa shape index (κ3) is 7.75. The molecular formula is C46H52N8O5. The van der Waals surface area contributed by atoms with Crippen LogP contribution in [0.25, 0.3) is 33.6 Å². The number of methoxy groups -OCH3 is 2. The third-order valence-electron chi connectivity index (χ3n) is 13.2. The van der Waals surface area contributed by atoms with E-state index in [1.54, 1.807) is 18.0 Å². The molecule has 3 amide bonds. The van der Waals surface area contributed by atoms with Crippen molar-refractivity contribution in [1.82, 2.24) is 40.5 Å². The highest BCUT2D eigenvalue weighted by atomic mass is 16.5. The number of hydrogen-bond donors (Lipinski definition) is 4. The van der Waals surface area contributed by atoms with Crippen LogP contribution in [0, 0.1) is 17.8 Å². The first-order valence-corrected chi connectivity index (χ1v) is 21.0. The van der Waals surface area contributed by atoms with Crippen molar-refractivity contribution in [2.75, 3.05) is 20.8 Å². The molecule has 4 fully saturated rings. The van der Waals surface area contributed by atoms with Gasteiger partial charge >= 0.3 is 6.09 Å². The summed E-state index contributed by atoms with van der Waals surface area (Å²) in [7, 11) is 2.78. The molecule has 306 valence electrons. The molecule has 4 N–H and O–H groups in total. The molecule has 9 rings (SSSR count). The number of ether oxygens (including phenoxy) is 2. The standard InChI is InChI=1S/C46H52N8O5/c1-26(58-2)40(53-46(57)59-3)45(56)54-21-5-7-37(54)42-48-24-35(51-42)29-12-8-27(9-13-29)28-10-14-30(15-11-28)36-25-49-43(52-36)38-32-18-19-33(22-32)39(38)44(55)50-23-34-6-4-20-47-41(34)31-16-17-31/h4,6,8-15,20,24-26,31-33,37-40H,5,7,16-19,21-23H2,1-3H3,(H,48,51)(H,49,52)(H,50,55)(H,53,57)/t26-,32?,33?,37+,38+,39+,40+/m1/s1. The maximum Gasteiger partial charge on any atom is 0.407 e. The van der Waals surface area contributed by atoms with Gasteiger partial charge in [0, 0.05) is 43.9 Å². The fraction of sp³-hybridized carbons (Fsp3) is 0.435. The first kappa shape index (κ1) is 38.7. The van der Waals surface area contributed by atoms with Gasteiger partial charge in [-0.05, 0) is 97.6 Å². The predicted octanol–water partition coefficient (Wildman–Crippen LogP) is 7.28. The number of pyridine rings is 1. The molecular weight excluding hydrogens is 745 g/mol. The van der Waals surface area contributed by atoms with Gasteiger partial charge in [-0.15, -0.1) is 0 Å². The van der Waals surface area contributed by atoms with E-state index in [0.29, 0.717) is 36.7 Å². The van der Waals surface area contributed by atoms with Gasteiger partial charge in [-0.3, -0.25) is 14.6 Å². The molecule has 0 spiro atoms. The Morgan fingerprint density at radius 2 is 1.46 bits per heavy atom. The van der Waals surface area contributed by atoms with Gasteiger partial charge in [-0.25, -0.2) is 14.8 Å². The second kappa shape index (κ2) is 16.4. The SMILES string of the molecule is COC(=O)N[C@H](C(=O)N1CCC[C@H]1c1ncc(-c2ccc(-c3ccc(-c4cnc([C@H]5C6CCC(C6)[C@@H]5C(=O)NCc5cccnc5C5CC5)[nH]4)cc3)cc2)[nH]1)[C@@H](C)OC. The van der Waals surface area contributed by atoms with Crippen LogP contribution in [0.5, 0.6) is 0 Å². The van der Waals surface area contributed by atoms with Crippen LogP contribution in [0.1, 0.15) is 92.7 Å². The highest BCUT2D eigenvalue weighted by Gasteiger charge is 2.52. The monoisotopic (exact) mass is 796 g/mol. The molecule has 13 heteroatoms. The predicted molar refractivity (Wildman–Crippen MR) is 222 cm³/mol. The largest absolute Gasteiger partial charge is 0.453 e. The molecule has 2 aromatic carbocycles. The lowest BCUT2D eigenvalue weighted by Gasteiger charge is -2.30. The lowest BCUT2D eigenvalue weighted by molar-refractivity contribution is -0.137. The normalized spacial score (nSPS) is 23.2. The number of rotatable bonds is 13. The van der Waals surface area contributed by atoms with Gasteiger partial charge in [0.05, 0.1) is 49.0 Å². The number of amides is 3. The molecule has 3 saturated carbocycles. The minimum atomic E-state index is -0.885. The number of H-pyrrole nitrogens is 2. The van der Waals surface area contributed by atoms with E-state index in [-0.39, 0.29) is 29.7 Å². The number of carbonyl (C=O) groups excluding carboxylic acids is 3. The number of aromatic nitrogens is 5. The lowest BCUT2D eigenvalue weighted by atomic mass is 9.78. The minimum absolute atomic E-state index is 0.0753. The van der Waals surface area contributed by atoms with Gasteiger partial charge in [-0.1, -0.05) is 54.6 Å². The molecule has 2 bridgehead atoms. The Labute approximate surface area is 344 Å². The number of aromatic amines is 2. The van der Waals surface area contributed by atoms with E-state index in [0.717, 1.165) is 82.8 Å². The van der Waals surface area contributed by atoms with Crippen molar-refractivity contribution in [3.8, 4) is 33.6 Å². The summed E-state index contributed by atoms with van der Waals surface area (Å²) in [6.07, 6.45) is 11.6. The van der Waals surface area contributed by atoms with Gasteiger partial charge in [0.25, 0.3) is 0 Å². The Morgan fingerprint density at radius 1 is 0.814 bits per heavy atom. The molecule has 1 aliphatic heterocycles. The van der Waals surface area contributed by atoms with Crippen LogP contribution in [-0.2, 0) is 25.6 Å². The van der Waals surface area contributed by atoms with E-state index >= 15 is 0 Å². The Bertz CT molecular complexity index is 2300.